The monoisotopic (exact) mass is 1120 g/mol. The maximum Gasteiger partial charge on any atom is 0.335 e. The van der Waals surface area contributed by atoms with Crippen LogP contribution in [0.2, 0.25) is 0 Å². The number of aromatic carboxylic acids is 1. The first kappa shape index (κ1) is 54.4. The van der Waals surface area contributed by atoms with Crippen molar-refractivity contribution in [2.24, 2.45) is 0 Å². The van der Waals surface area contributed by atoms with Crippen molar-refractivity contribution in [3.63, 3.8) is 0 Å². The number of ether oxygens (including phenoxy) is 3. The van der Waals surface area contributed by atoms with E-state index >= 15 is 0 Å². The van der Waals surface area contributed by atoms with Crippen LogP contribution in [0.25, 0.3) is 55.7 Å². The molecule has 21 heteroatoms. The number of halogens is 2. The molecule has 0 aliphatic rings. The number of rotatable bonds is 10. The lowest BCUT2D eigenvalue weighted by atomic mass is 10.1. The molecule has 0 saturated carbocycles. The van der Waals surface area contributed by atoms with Gasteiger partial charge in [0.15, 0.2) is 11.3 Å². The maximum atomic E-state index is 12.5. The Morgan fingerprint density at radius 2 is 1.07 bits per heavy atom. The average molecular weight is 1120 g/mol. The van der Waals surface area contributed by atoms with Crippen LogP contribution in [0.15, 0.2) is 123 Å². The zero-order valence-corrected chi connectivity index (χ0v) is 44.0. The summed E-state index contributed by atoms with van der Waals surface area (Å²) in [4.78, 5) is 27.8. The van der Waals surface area contributed by atoms with Gasteiger partial charge in [-0.15, -0.1) is 15.3 Å². The summed E-state index contributed by atoms with van der Waals surface area (Å²) in [6.45, 7) is 12.2. The molecule has 10 aromatic rings. The third-order valence-electron chi connectivity index (χ3n) is 10.9. The standard InChI is InChI=1S/C17H17BrN4O2.C17H16N4O2.C10H11N3O2.C7H8BrNO.CH4/c1-10(2)22-14-8-7-11(9-13(14)20-21-22)17(23)19-12-5-4-6-15(24-3)16(12)18;1-10(2)21-14-8-7-11(9-13(14)19-20-21)17-18-12-5-4-6-15(22-3)16(12)23-17;1-6(2)13-9-4-3-7(10(14)15)5-8(9)11-12-13;1-10-6-4-2-3-5(9)7(6)8;/h4-10H,1-3H3,(H,19,23);4-10H,1-3H3;3-6H,1-2H3,(H,14,15);2-4H,9H2,1H3;1H4. The molecule has 19 nitrogen and oxygen atoms in total. The summed E-state index contributed by atoms with van der Waals surface area (Å²) in [6.07, 6.45) is 0. The van der Waals surface area contributed by atoms with Crippen LogP contribution >= 0.6 is 31.9 Å². The number of nitrogens with one attached hydrogen (secondary N) is 1. The van der Waals surface area contributed by atoms with Gasteiger partial charge < -0.3 is 34.8 Å². The third kappa shape index (κ3) is 12.2. The molecule has 4 heterocycles. The molecule has 6 aromatic carbocycles. The van der Waals surface area contributed by atoms with Crippen molar-refractivity contribution in [3.05, 3.63) is 129 Å². The number of aromatic nitrogens is 10. The van der Waals surface area contributed by atoms with Crippen molar-refractivity contribution in [2.45, 2.75) is 67.1 Å². The Hall–Kier alpha value is -7.91. The number of nitrogen functional groups attached to an aromatic ring is 1. The number of carboxylic acids is 1. The zero-order valence-electron chi connectivity index (χ0n) is 40.8. The van der Waals surface area contributed by atoms with Gasteiger partial charge in [-0.25, -0.2) is 23.8 Å². The summed E-state index contributed by atoms with van der Waals surface area (Å²) in [5, 5.41) is 36.3. The van der Waals surface area contributed by atoms with Crippen LogP contribution in [0.1, 0.15) is 87.8 Å². The van der Waals surface area contributed by atoms with Crippen LogP contribution in [-0.2, 0) is 0 Å². The third-order valence-corrected chi connectivity index (χ3v) is 12.5. The lowest BCUT2D eigenvalue weighted by molar-refractivity contribution is 0.0696. The number of methoxy groups -OCH3 is 3. The number of benzene rings is 6. The smallest absolute Gasteiger partial charge is 0.335 e. The van der Waals surface area contributed by atoms with Gasteiger partial charge in [-0.1, -0.05) is 41.3 Å². The molecule has 10 rings (SSSR count). The van der Waals surface area contributed by atoms with Crippen molar-refractivity contribution in [2.75, 3.05) is 32.4 Å². The minimum Gasteiger partial charge on any atom is -0.495 e. The minimum atomic E-state index is -0.948. The quantitative estimate of drug-likeness (QED) is 0.108. The highest BCUT2D eigenvalue weighted by atomic mass is 79.9. The number of carboxylic acid groups (broad SMARTS) is 1. The molecular weight excluding hydrogens is 1060 g/mol. The molecule has 0 unspecified atom stereocenters. The Labute approximate surface area is 437 Å². The Morgan fingerprint density at radius 1 is 0.603 bits per heavy atom. The molecule has 73 heavy (non-hydrogen) atoms. The number of amides is 1. The van der Waals surface area contributed by atoms with Crippen LogP contribution in [-0.4, -0.2) is 88.3 Å². The molecule has 0 atom stereocenters. The fourth-order valence-corrected chi connectivity index (χ4v) is 8.18. The number of hydrogen-bond acceptors (Lipinski definition) is 14. The van der Waals surface area contributed by atoms with E-state index in [0.29, 0.717) is 55.4 Å². The van der Waals surface area contributed by atoms with E-state index in [1.165, 1.54) is 6.07 Å². The SMILES string of the molecule is C.CC(C)n1nnc2cc(C(=O)O)ccc21.COc1cccc(N)c1Br.COc1cccc(NC(=O)c2ccc3c(c2)nnn3C(C)C)c1Br.COc1cccc2nc(-c3ccc4c(c3)nnn4C(C)C)oc12. The number of para-hydroxylation sites is 1. The van der Waals surface area contributed by atoms with E-state index < -0.39 is 5.97 Å². The molecule has 380 valence electrons. The van der Waals surface area contributed by atoms with E-state index in [1.807, 2.05) is 110 Å². The normalized spacial score (nSPS) is 10.9. The van der Waals surface area contributed by atoms with Crippen LogP contribution in [0.5, 0.6) is 17.2 Å². The van der Waals surface area contributed by atoms with Gasteiger partial charge in [-0.3, -0.25) is 4.79 Å². The highest BCUT2D eigenvalue weighted by Gasteiger charge is 2.17. The molecule has 1 amide bonds. The highest BCUT2D eigenvalue weighted by molar-refractivity contribution is 9.11. The van der Waals surface area contributed by atoms with E-state index in [9.17, 15) is 9.59 Å². The Morgan fingerprint density at radius 3 is 1.59 bits per heavy atom. The molecule has 0 saturated heterocycles. The first-order valence-electron chi connectivity index (χ1n) is 22.5. The molecule has 0 bridgehead atoms. The van der Waals surface area contributed by atoms with Crippen LogP contribution in [0.4, 0.5) is 11.4 Å². The van der Waals surface area contributed by atoms with Crippen molar-refractivity contribution in [3.8, 4) is 28.7 Å². The lowest BCUT2D eigenvalue weighted by Crippen LogP contribution is -2.12. The summed E-state index contributed by atoms with van der Waals surface area (Å²) in [6, 6.07) is 33.4. The lowest BCUT2D eigenvalue weighted by Gasteiger charge is -2.10. The average Bonchev–Trinajstić information content (AvgIpc) is 4.20. The van der Waals surface area contributed by atoms with Crippen LogP contribution < -0.4 is 25.3 Å². The van der Waals surface area contributed by atoms with Gasteiger partial charge in [0.25, 0.3) is 5.91 Å². The molecule has 4 N–H and O–H groups in total. The van der Waals surface area contributed by atoms with Crippen LogP contribution in [0.3, 0.4) is 0 Å². The zero-order chi connectivity index (χ0) is 51.8. The number of carbonyl (C=O) groups excluding carboxylic acids is 1. The van der Waals surface area contributed by atoms with E-state index in [4.69, 9.17) is 29.5 Å². The van der Waals surface area contributed by atoms with Gasteiger partial charge in [-0.05, 0) is 164 Å². The number of nitrogens with two attached hydrogens (primary N) is 1. The molecule has 4 aromatic heterocycles. The van der Waals surface area contributed by atoms with E-state index in [-0.39, 0.29) is 37.0 Å². The molecule has 0 aliphatic carbocycles. The highest BCUT2D eigenvalue weighted by Crippen LogP contribution is 2.34. The van der Waals surface area contributed by atoms with E-state index in [2.05, 4.69) is 86.9 Å². The maximum absolute atomic E-state index is 12.5. The first-order chi connectivity index (χ1) is 34.5. The van der Waals surface area contributed by atoms with Gasteiger partial charge in [0.2, 0.25) is 5.89 Å². The summed E-state index contributed by atoms with van der Waals surface area (Å²) in [5.41, 5.74) is 14.8. The van der Waals surface area contributed by atoms with Crippen molar-refractivity contribution < 1.29 is 33.3 Å². The van der Waals surface area contributed by atoms with E-state index in [0.717, 1.165) is 43.4 Å². The number of fused-ring (bicyclic) bond motifs is 4. The number of anilines is 2. The van der Waals surface area contributed by atoms with Gasteiger partial charge in [0.05, 0.1) is 58.1 Å². The van der Waals surface area contributed by atoms with Crippen molar-refractivity contribution in [1.29, 1.82) is 0 Å². The number of hydrogen-bond donors (Lipinski definition) is 3. The topological polar surface area (TPSA) is 238 Å². The van der Waals surface area contributed by atoms with E-state index in [1.54, 1.807) is 56.3 Å². The van der Waals surface area contributed by atoms with Crippen molar-refractivity contribution in [1.82, 2.24) is 50.0 Å². The predicted molar refractivity (Wildman–Crippen MR) is 291 cm³/mol. The minimum absolute atomic E-state index is 0. The fraction of sp³-hybridized carbons (Fsp3) is 0.250. The van der Waals surface area contributed by atoms with Crippen molar-refractivity contribution >= 4 is 99.3 Å². The Bertz CT molecular complexity index is 3530. The molecule has 0 spiro atoms. The number of oxazole rings is 1. The summed E-state index contributed by atoms with van der Waals surface area (Å²) in [5.74, 6) is 1.47. The number of carbonyl (C=O) groups is 2. The molecule has 0 aliphatic heterocycles. The van der Waals surface area contributed by atoms with Gasteiger partial charge >= 0.3 is 5.97 Å². The molecule has 0 fully saturated rings. The summed E-state index contributed by atoms with van der Waals surface area (Å²) >= 11 is 6.73. The predicted octanol–water partition coefficient (Wildman–Crippen LogP) is 12.3. The summed E-state index contributed by atoms with van der Waals surface area (Å²) in [7, 11) is 4.81. The molecule has 0 radical (unpaired) electrons. The fourth-order valence-electron chi connectivity index (χ4n) is 7.23. The largest absolute Gasteiger partial charge is 0.495 e. The Balaban J connectivity index is 0.000000165. The van der Waals surface area contributed by atoms with Crippen LogP contribution in [0, 0.1) is 0 Å². The Kier molecular flexibility index (Phi) is 17.9. The number of nitrogens with zero attached hydrogens (tertiary/aromatic N) is 10. The first-order valence-corrected chi connectivity index (χ1v) is 24.1. The second kappa shape index (κ2) is 24.0. The summed E-state index contributed by atoms with van der Waals surface area (Å²) < 4.78 is 28.5. The van der Waals surface area contributed by atoms with Gasteiger partial charge in [0.1, 0.15) is 33.6 Å². The molecular formula is C52H56Br2N12O7. The second-order valence-electron chi connectivity index (χ2n) is 16.8. The second-order valence-corrected chi connectivity index (χ2v) is 18.4. The van der Waals surface area contributed by atoms with Gasteiger partial charge in [0, 0.05) is 34.9 Å². The van der Waals surface area contributed by atoms with Gasteiger partial charge in [-0.2, -0.15) is 0 Å².